The lowest BCUT2D eigenvalue weighted by molar-refractivity contribution is 1.07. The van der Waals surface area contributed by atoms with E-state index in [1.807, 2.05) is 42.3 Å². The summed E-state index contributed by atoms with van der Waals surface area (Å²) in [6.45, 7) is 0. The first-order valence-electron chi connectivity index (χ1n) is 4.54. The molecule has 0 amide bonds. The Balaban J connectivity index is 2.29. The molecule has 0 spiro atoms. The number of aromatic nitrogens is 2. The Morgan fingerprint density at radius 2 is 1.87 bits per heavy atom. The average Bonchev–Trinajstić information content (AvgIpc) is 2.30. The Morgan fingerprint density at radius 1 is 1.07 bits per heavy atom. The van der Waals surface area contributed by atoms with E-state index in [9.17, 15) is 0 Å². The molecule has 2 aromatic heterocycles. The van der Waals surface area contributed by atoms with Crippen molar-refractivity contribution in [3.63, 3.8) is 0 Å². The van der Waals surface area contributed by atoms with Gasteiger partial charge in [-0.05, 0) is 40.2 Å². The third-order valence-electron chi connectivity index (χ3n) is 2.05. The second-order valence-corrected chi connectivity index (χ2v) is 4.00. The fourth-order valence-corrected chi connectivity index (χ4v) is 1.47. The predicted molar refractivity (Wildman–Crippen MR) is 64.2 cm³/mol. The quantitative estimate of drug-likeness (QED) is 0.834. The topological polar surface area (TPSA) is 29.0 Å². The number of hydrogen-bond acceptors (Lipinski definition) is 3. The van der Waals surface area contributed by atoms with Gasteiger partial charge in [0.1, 0.15) is 11.6 Å². The van der Waals surface area contributed by atoms with Crippen LogP contribution in [0.1, 0.15) is 0 Å². The molecule has 0 unspecified atom stereocenters. The minimum Gasteiger partial charge on any atom is -0.314 e. The highest BCUT2D eigenvalue weighted by atomic mass is 79.9. The van der Waals surface area contributed by atoms with Crippen molar-refractivity contribution in [3.05, 3.63) is 47.2 Å². The van der Waals surface area contributed by atoms with Crippen molar-refractivity contribution in [1.82, 2.24) is 9.97 Å². The molecule has 0 aliphatic heterocycles. The molecule has 0 saturated heterocycles. The standard InChI is InChI=1S/C11H10BrN3/c1-15(10-4-2-3-7-13-10)11-6-5-9(12)8-14-11/h2-8H,1H3. The Kier molecular flexibility index (Phi) is 2.97. The van der Waals surface area contributed by atoms with Crippen molar-refractivity contribution < 1.29 is 0 Å². The second kappa shape index (κ2) is 4.40. The summed E-state index contributed by atoms with van der Waals surface area (Å²) in [6.07, 6.45) is 3.54. The van der Waals surface area contributed by atoms with Gasteiger partial charge in [-0.3, -0.25) is 0 Å². The van der Waals surface area contributed by atoms with E-state index < -0.39 is 0 Å². The number of nitrogens with zero attached hydrogens (tertiary/aromatic N) is 3. The molecule has 2 rings (SSSR count). The van der Waals surface area contributed by atoms with Crippen LogP contribution in [0.3, 0.4) is 0 Å². The number of rotatable bonds is 2. The SMILES string of the molecule is CN(c1ccccn1)c1ccc(Br)cn1. The van der Waals surface area contributed by atoms with Crippen LogP contribution in [0.15, 0.2) is 47.2 Å². The van der Waals surface area contributed by atoms with Gasteiger partial charge in [0.25, 0.3) is 0 Å². The van der Waals surface area contributed by atoms with Gasteiger partial charge in [-0.2, -0.15) is 0 Å². The molecular weight excluding hydrogens is 254 g/mol. The molecule has 0 atom stereocenters. The van der Waals surface area contributed by atoms with E-state index in [0.717, 1.165) is 16.1 Å². The fourth-order valence-electron chi connectivity index (χ4n) is 1.24. The molecular formula is C11H10BrN3. The molecule has 0 fully saturated rings. The average molecular weight is 264 g/mol. The summed E-state index contributed by atoms with van der Waals surface area (Å²) in [5.74, 6) is 1.75. The highest BCUT2D eigenvalue weighted by Crippen LogP contribution is 2.19. The van der Waals surface area contributed by atoms with Crippen LogP contribution in [-0.2, 0) is 0 Å². The smallest absolute Gasteiger partial charge is 0.133 e. The molecule has 0 aliphatic carbocycles. The van der Waals surface area contributed by atoms with Crippen molar-refractivity contribution in [3.8, 4) is 0 Å². The molecule has 4 heteroatoms. The summed E-state index contributed by atoms with van der Waals surface area (Å²) < 4.78 is 0.973. The number of anilines is 2. The molecule has 0 radical (unpaired) electrons. The van der Waals surface area contributed by atoms with Gasteiger partial charge in [-0.15, -0.1) is 0 Å². The van der Waals surface area contributed by atoms with Crippen molar-refractivity contribution >= 4 is 27.6 Å². The fraction of sp³-hybridized carbons (Fsp3) is 0.0909. The van der Waals surface area contributed by atoms with E-state index in [1.54, 1.807) is 12.4 Å². The van der Waals surface area contributed by atoms with Crippen LogP contribution >= 0.6 is 15.9 Å². The normalized spacial score (nSPS) is 10.0. The maximum atomic E-state index is 4.29. The molecule has 0 bridgehead atoms. The highest BCUT2D eigenvalue weighted by molar-refractivity contribution is 9.10. The Hall–Kier alpha value is -1.42. The van der Waals surface area contributed by atoms with Gasteiger partial charge >= 0.3 is 0 Å². The van der Waals surface area contributed by atoms with Crippen LogP contribution in [0, 0.1) is 0 Å². The van der Waals surface area contributed by atoms with Crippen molar-refractivity contribution in [2.24, 2.45) is 0 Å². The molecule has 76 valence electrons. The molecule has 0 aromatic carbocycles. The summed E-state index contributed by atoms with van der Waals surface area (Å²) in [7, 11) is 1.94. The molecule has 15 heavy (non-hydrogen) atoms. The highest BCUT2D eigenvalue weighted by Gasteiger charge is 2.04. The van der Waals surface area contributed by atoms with Crippen LogP contribution in [0.5, 0.6) is 0 Å². The summed E-state index contributed by atoms with van der Waals surface area (Å²) in [5, 5.41) is 0. The zero-order chi connectivity index (χ0) is 10.7. The van der Waals surface area contributed by atoms with Crippen molar-refractivity contribution in [1.29, 1.82) is 0 Å². The van der Waals surface area contributed by atoms with E-state index >= 15 is 0 Å². The lowest BCUT2D eigenvalue weighted by Crippen LogP contribution is -2.12. The lowest BCUT2D eigenvalue weighted by Gasteiger charge is -2.16. The van der Waals surface area contributed by atoms with Crippen LogP contribution in [0.25, 0.3) is 0 Å². The van der Waals surface area contributed by atoms with E-state index in [-0.39, 0.29) is 0 Å². The molecule has 0 saturated carbocycles. The van der Waals surface area contributed by atoms with Gasteiger partial charge in [0.05, 0.1) is 0 Å². The van der Waals surface area contributed by atoms with Gasteiger partial charge in [0, 0.05) is 23.9 Å². The maximum Gasteiger partial charge on any atom is 0.133 e. The van der Waals surface area contributed by atoms with Crippen molar-refractivity contribution in [2.45, 2.75) is 0 Å². The zero-order valence-electron chi connectivity index (χ0n) is 8.26. The molecule has 2 aromatic rings. The predicted octanol–water partition coefficient (Wildman–Crippen LogP) is 3.01. The number of hydrogen-bond donors (Lipinski definition) is 0. The summed E-state index contributed by atoms with van der Waals surface area (Å²) in [5.41, 5.74) is 0. The van der Waals surface area contributed by atoms with Gasteiger partial charge in [0.15, 0.2) is 0 Å². The van der Waals surface area contributed by atoms with E-state index in [4.69, 9.17) is 0 Å². The molecule has 3 nitrogen and oxygen atoms in total. The molecule has 2 heterocycles. The van der Waals surface area contributed by atoms with E-state index in [2.05, 4.69) is 25.9 Å². The monoisotopic (exact) mass is 263 g/mol. The van der Waals surface area contributed by atoms with E-state index in [1.165, 1.54) is 0 Å². The summed E-state index contributed by atoms with van der Waals surface area (Å²) in [6, 6.07) is 9.70. The summed E-state index contributed by atoms with van der Waals surface area (Å²) in [4.78, 5) is 10.5. The minimum atomic E-state index is 0.872. The maximum absolute atomic E-state index is 4.29. The third-order valence-corrected chi connectivity index (χ3v) is 2.52. The van der Waals surface area contributed by atoms with Crippen LogP contribution in [0.4, 0.5) is 11.6 Å². The van der Waals surface area contributed by atoms with Gasteiger partial charge in [-0.1, -0.05) is 6.07 Å². The largest absolute Gasteiger partial charge is 0.314 e. The van der Waals surface area contributed by atoms with E-state index in [0.29, 0.717) is 0 Å². The minimum absolute atomic E-state index is 0.872. The Labute approximate surface area is 96.9 Å². The lowest BCUT2D eigenvalue weighted by atomic mass is 10.4. The first-order chi connectivity index (χ1) is 7.27. The van der Waals surface area contributed by atoms with Crippen LogP contribution < -0.4 is 4.90 Å². The Morgan fingerprint density at radius 3 is 2.47 bits per heavy atom. The summed E-state index contributed by atoms with van der Waals surface area (Å²) >= 11 is 3.35. The van der Waals surface area contributed by atoms with Crippen LogP contribution in [0.2, 0.25) is 0 Å². The second-order valence-electron chi connectivity index (χ2n) is 3.08. The van der Waals surface area contributed by atoms with Crippen molar-refractivity contribution in [2.75, 3.05) is 11.9 Å². The first-order valence-corrected chi connectivity index (χ1v) is 5.33. The number of halogens is 1. The number of pyridine rings is 2. The third kappa shape index (κ3) is 2.33. The first kappa shape index (κ1) is 10.1. The molecule has 0 N–H and O–H groups in total. The van der Waals surface area contributed by atoms with Gasteiger partial charge in [-0.25, -0.2) is 9.97 Å². The molecule has 0 aliphatic rings. The van der Waals surface area contributed by atoms with Gasteiger partial charge in [0.2, 0.25) is 0 Å². The zero-order valence-corrected chi connectivity index (χ0v) is 9.85. The van der Waals surface area contributed by atoms with Gasteiger partial charge < -0.3 is 4.90 Å². The Bertz CT molecular complexity index is 427. The van der Waals surface area contributed by atoms with Crippen LogP contribution in [-0.4, -0.2) is 17.0 Å².